The Bertz CT molecular complexity index is 843. The molecule has 0 bridgehead atoms. The predicted molar refractivity (Wildman–Crippen MR) is 89.6 cm³/mol. The molecule has 0 aliphatic heterocycles. The maximum atomic E-state index is 14.0. The van der Waals surface area contributed by atoms with Gasteiger partial charge in [-0.1, -0.05) is 42.5 Å². The van der Waals surface area contributed by atoms with Gasteiger partial charge in [0.15, 0.2) is 0 Å². The zero-order chi connectivity index (χ0) is 16.9. The second-order valence-electron chi connectivity index (χ2n) is 5.30. The molecule has 0 radical (unpaired) electrons. The van der Waals surface area contributed by atoms with Crippen molar-refractivity contribution in [1.82, 2.24) is 0 Å². The van der Waals surface area contributed by atoms with E-state index in [1.807, 2.05) is 30.3 Å². The fourth-order valence-corrected chi connectivity index (χ4v) is 2.35. The minimum Gasteiger partial charge on any atom is -0.489 e. The van der Waals surface area contributed by atoms with Gasteiger partial charge in [0.05, 0.1) is 5.56 Å². The molecule has 0 unspecified atom stereocenters. The number of ether oxygens (including phenoxy) is 1. The molecule has 0 atom stereocenters. The SMILES string of the molecule is O=C(O)c1ccc(F)c(-c2ccc(OCc3ccccc3)cc2)c1. The number of rotatable bonds is 5. The van der Waals surface area contributed by atoms with Crippen molar-refractivity contribution < 1.29 is 19.0 Å². The molecule has 0 heterocycles. The first kappa shape index (κ1) is 15.7. The molecule has 0 aliphatic rings. The molecule has 3 nitrogen and oxygen atoms in total. The van der Waals surface area contributed by atoms with Gasteiger partial charge in [0.25, 0.3) is 0 Å². The average molecular weight is 322 g/mol. The monoisotopic (exact) mass is 322 g/mol. The van der Waals surface area contributed by atoms with Crippen LogP contribution in [0.1, 0.15) is 15.9 Å². The molecule has 3 rings (SSSR count). The first-order chi connectivity index (χ1) is 11.6. The van der Waals surface area contributed by atoms with Crippen molar-refractivity contribution in [2.24, 2.45) is 0 Å². The highest BCUT2D eigenvalue weighted by molar-refractivity contribution is 5.89. The molecule has 120 valence electrons. The smallest absolute Gasteiger partial charge is 0.335 e. The van der Waals surface area contributed by atoms with E-state index in [2.05, 4.69) is 0 Å². The second kappa shape index (κ2) is 6.96. The molecular formula is C20H15FO3. The van der Waals surface area contributed by atoms with Crippen LogP contribution in [-0.2, 0) is 6.61 Å². The quantitative estimate of drug-likeness (QED) is 0.736. The van der Waals surface area contributed by atoms with Crippen LogP contribution in [0.5, 0.6) is 5.75 Å². The molecule has 3 aromatic carbocycles. The lowest BCUT2D eigenvalue weighted by molar-refractivity contribution is 0.0697. The third-order valence-electron chi connectivity index (χ3n) is 3.63. The van der Waals surface area contributed by atoms with E-state index in [4.69, 9.17) is 9.84 Å². The first-order valence-electron chi connectivity index (χ1n) is 7.43. The number of halogens is 1. The minimum atomic E-state index is -1.08. The summed E-state index contributed by atoms with van der Waals surface area (Å²) in [5.41, 5.74) is 1.96. The Morgan fingerprint density at radius 2 is 1.67 bits per heavy atom. The summed E-state index contributed by atoms with van der Waals surface area (Å²) in [4.78, 5) is 11.0. The Hall–Kier alpha value is -3.14. The van der Waals surface area contributed by atoms with Gasteiger partial charge in [-0.25, -0.2) is 9.18 Å². The van der Waals surface area contributed by atoms with E-state index < -0.39 is 11.8 Å². The summed E-state index contributed by atoms with van der Waals surface area (Å²) in [7, 11) is 0. The Morgan fingerprint density at radius 1 is 0.958 bits per heavy atom. The van der Waals surface area contributed by atoms with Gasteiger partial charge in [-0.3, -0.25) is 0 Å². The fourth-order valence-electron chi connectivity index (χ4n) is 2.35. The molecule has 1 N–H and O–H groups in total. The van der Waals surface area contributed by atoms with Crippen LogP contribution in [0, 0.1) is 5.82 Å². The van der Waals surface area contributed by atoms with Crippen molar-refractivity contribution in [1.29, 1.82) is 0 Å². The van der Waals surface area contributed by atoms with Crippen LogP contribution in [0.15, 0.2) is 72.8 Å². The van der Waals surface area contributed by atoms with Crippen LogP contribution >= 0.6 is 0 Å². The van der Waals surface area contributed by atoms with Gasteiger partial charge in [-0.05, 0) is 41.5 Å². The number of hydrogen-bond acceptors (Lipinski definition) is 2. The van der Waals surface area contributed by atoms with Crippen LogP contribution in [0.3, 0.4) is 0 Å². The standard InChI is InChI=1S/C20H15FO3/c21-19-11-8-16(20(22)23)12-18(19)15-6-9-17(10-7-15)24-13-14-4-2-1-3-5-14/h1-12H,13H2,(H,22,23). The maximum absolute atomic E-state index is 14.0. The summed E-state index contributed by atoms with van der Waals surface area (Å²) >= 11 is 0. The Kier molecular flexibility index (Phi) is 4.57. The second-order valence-corrected chi connectivity index (χ2v) is 5.30. The highest BCUT2D eigenvalue weighted by atomic mass is 19.1. The van der Waals surface area contributed by atoms with Crippen molar-refractivity contribution in [3.8, 4) is 16.9 Å². The highest BCUT2D eigenvalue weighted by Gasteiger charge is 2.10. The summed E-state index contributed by atoms with van der Waals surface area (Å²) in [6, 6.07) is 20.4. The van der Waals surface area contributed by atoms with Gasteiger partial charge < -0.3 is 9.84 Å². The molecule has 0 saturated heterocycles. The summed E-state index contributed by atoms with van der Waals surface area (Å²) in [5, 5.41) is 9.03. The minimum absolute atomic E-state index is 0.0517. The highest BCUT2D eigenvalue weighted by Crippen LogP contribution is 2.26. The predicted octanol–water partition coefficient (Wildman–Crippen LogP) is 4.77. The Balaban J connectivity index is 1.77. The Morgan fingerprint density at radius 3 is 2.33 bits per heavy atom. The molecule has 0 fully saturated rings. The number of hydrogen-bond donors (Lipinski definition) is 1. The fraction of sp³-hybridized carbons (Fsp3) is 0.0500. The molecule has 24 heavy (non-hydrogen) atoms. The van der Waals surface area contributed by atoms with Gasteiger partial charge in [0, 0.05) is 5.56 Å². The molecular weight excluding hydrogens is 307 g/mol. The van der Waals surface area contributed by atoms with E-state index >= 15 is 0 Å². The molecule has 0 aromatic heterocycles. The molecule has 0 spiro atoms. The van der Waals surface area contributed by atoms with Crippen LogP contribution in [0.25, 0.3) is 11.1 Å². The molecule has 3 aromatic rings. The molecule has 0 aliphatic carbocycles. The third kappa shape index (κ3) is 3.60. The zero-order valence-electron chi connectivity index (χ0n) is 12.8. The topological polar surface area (TPSA) is 46.5 Å². The van der Waals surface area contributed by atoms with Gasteiger partial charge in [0.1, 0.15) is 18.2 Å². The van der Waals surface area contributed by atoms with Crippen molar-refractivity contribution in [3.05, 3.63) is 89.7 Å². The van der Waals surface area contributed by atoms with E-state index in [1.165, 1.54) is 18.2 Å². The van der Waals surface area contributed by atoms with Gasteiger partial charge in [-0.2, -0.15) is 0 Å². The Labute approximate surface area is 139 Å². The van der Waals surface area contributed by atoms with Crippen molar-refractivity contribution in [2.45, 2.75) is 6.61 Å². The summed E-state index contributed by atoms with van der Waals surface area (Å²) < 4.78 is 19.7. The number of benzene rings is 3. The number of aromatic carboxylic acids is 1. The number of carboxylic acid groups (broad SMARTS) is 1. The summed E-state index contributed by atoms with van der Waals surface area (Å²) in [5.74, 6) is -0.880. The van der Waals surface area contributed by atoms with E-state index in [0.717, 1.165) is 5.56 Å². The summed E-state index contributed by atoms with van der Waals surface area (Å²) in [6.45, 7) is 0.447. The van der Waals surface area contributed by atoms with Crippen molar-refractivity contribution >= 4 is 5.97 Å². The first-order valence-corrected chi connectivity index (χ1v) is 7.43. The van der Waals surface area contributed by atoms with Gasteiger partial charge in [0.2, 0.25) is 0 Å². The van der Waals surface area contributed by atoms with Crippen LogP contribution in [-0.4, -0.2) is 11.1 Å². The number of carboxylic acids is 1. The van der Waals surface area contributed by atoms with E-state index in [1.54, 1.807) is 24.3 Å². The van der Waals surface area contributed by atoms with Gasteiger partial charge >= 0.3 is 5.97 Å². The molecule has 0 amide bonds. The number of carbonyl (C=O) groups is 1. The molecule has 0 saturated carbocycles. The van der Waals surface area contributed by atoms with Crippen LogP contribution in [0.4, 0.5) is 4.39 Å². The van der Waals surface area contributed by atoms with E-state index in [-0.39, 0.29) is 11.1 Å². The lowest BCUT2D eigenvalue weighted by Crippen LogP contribution is -1.98. The van der Waals surface area contributed by atoms with E-state index in [9.17, 15) is 9.18 Å². The van der Waals surface area contributed by atoms with Crippen LogP contribution in [0.2, 0.25) is 0 Å². The zero-order valence-corrected chi connectivity index (χ0v) is 12.8. The average Bonchev–Trinajstić information content (AvgIpc) is 2.61. The maximum Gasteiger partial charge on any atom is 0.335 e. The largest absolute Gasteiger partial charge is 0.489 e. The molecule has 4 heteroatoms. The van der Waals surface area contributed by atoms with Crippen molar-refractivity contribution in [3.63, 3.8) is 0 Å². The lowest BCUT2D eigenvalue weighted by Gasteiger charge is -2.09. The lowest BCUT2D eigenvalue weighted by atomic mass is 10.0. The van der Waals surface area contributed by atoms with Gasteiger partial charge in [-0.15, -0.1) is 0 Å². The van der Waals surface area contributed by atoms with E-state index in [0.29, 0.717) is 17.9 Å². The van der Waals surface area contributed by atoms with Crippen molar-refractivity contribution in [2.75, 3.05) is 0 Å². The van der Waals surface area contributed by atoms with Crippen LogP contribution < -0.4 is 4.74 Å². The normalized spacial score (nSPS) is 10.4. The summed E-state index contributed by atoms with van der Waals surface area (Å²) in [6.07, 6.45) is 0. The third-order valence-corrected chi connectivity index (χ3v) is 3.63.